The number of carbonyl (C=O) groups is 1. The summed E-state index contributed by atoms with van der Waals surface area (Å²) in [5, 5.41) is 0. The average molecular weight is 367 g/mol. The van der Waals surface area contributed by atoms with Crippen LogP contribution in [0.25, 0.3) is 0 Å². The molecule has 7 nitrogen and oxygen atoms in total. The van der Waals surface area contributed by atoms with Crippen molar-refractivity contribution in [3.63, 3.8) is 0 Å². The van der Waals surface area contributed by atoms with Gasteiger partial charge in [0.15, 0.2) is 0 Å². The third-order valence-corrected chi connectivity index (χ3v) is 7.02. The molecule has 1 amide bonds. The number of methoxy groups -OCH3 is 1. The minimum atomic E-state index is -3.60. The molecule has 2 saturated heterocycles. The van der Waals surface area contributed by atoms with Gasteiger partial charge in [0.1, 0.15) is 4.90 Å². The lowest BCUT2D eigenvalue weighted by Gasteiger charge is -2.39. The topological polar surface area (TPSA) is 79.8 Å². The zero-order valence-corrected chi connectivity index (χ0v) is 15.4. The standard InChI is InChI=1S/C17H25N3O4S/c1-24-12-4-10-19-9-3-6-17(16(19)21)7-11-20(14-17)25(22,23)15-5-2-8-18-13-15/h2,5,8,13H,3-4,6-7,9-12,14H2,1H3/t17-/m0/s1. The number of nitrogens with zero attached hydrogens (tertiary/aromatic N) is 3. The first-order chi connectivity index (χ1) is 12.0. The van der Waals surface area contributed by atoms with Crippen molar-refractivity contribution < 1.29 is 17.9 Å². The Morgan fingerprint density at radius 1 is 1.32 bits per heavy atom. The van der Waals surface area contributed by atoms with Crippen LogP contribution in [0.1, 0.15) is 25.7 Å². The van der Waals surface area contributed by atoms with Gasteiger partial charge in [-0.15, -0.1) is 0 Å². The van der Waals surface area contributed by atoms with Crippen molar-refractivity contribution in [3.8, 4) is 0 Å². The van der Waals surface area contributed by atoms with Crippen LogP contribution in [0.3, 0.4) is 0 Å². The van der Waals surface area contributed by atoms with E-state index in [1.165, 1.54) is 10.5 Å². The molecule has 2 aliphatic heterocycles. The fourth-order valence-electron chi connectivity index (χ4n) is 3.83. The molecule has 0 radical (unpaired) electrons. The number of pyridine rings is 1. The normalized spacial score (nSPS) is 25.0. The maximum atomic E-state index is 13.0. The summed E-state index contributed by atoms with van der Waals surface area (Å²) in [4.78, 5) is 19.0. The van der Waals surface area contributed by atoms with Gasteiger partial charge in [-0.1, -0.05) is 0 Å². The number of aromatic nitrogens is 1. The van der Waals surface area contributed by atoms with Gasteiger partial charge in [-0.25, -0.2) is 8.42 Å². The number of piperidine rings is 1. The van der Waals surface area contributed by atoms with Crippen molar-refractivity contribution in [1.82, 2.24) is 14.2 Å². The number of hydrogen-bond acceptors (Lipinski definition) is 5. The number of amides is 1. The van der Waals surface area contributed by atoms with E-state index < -0.39 is 15.4 Å². The van der Waals surface area contributed by atoms with Crippen LogP contribution in [0.5, 0.6) is 0 Å². The Kier molecular flexibility index (Phi) is 5.41. The van der Waals surface area contributed by atoms with E-state index in [0.717, 1.165) is 25.8 Å². The highest BCUT2D eigenvalue weighted by Crippen LogP contribution is 2.41. The summed E-state index contributed by atoms with van der Waals surface area (Å²) in [5.74, 6) is 0.0961. The van der Waals surface area contributed by atoms with Gasteiger partial charge in [0.25, 0.3) is 0 Å². The van der Waals surface area contributed by atoms with E-state index in [0.29, 0.717) is 26.1 Å². The zero-order valence-electron chi connectivity index (χ0n) is 14.6. The highest BCUT2D eigenvalue weighted by atomic mass is 32.2. The Balaban J connectivity index is 1.73. The number of rotatable bonds is 6. The maximum absolute atomic E-state index is 13.0. The van der Waals surface area contributed by atoms with Crippen molar-refractivity contribution in [2.45, 2.75) is 30.6 Å². The molecule has 2 fully saturated rings. The van der Waals surface area contributed by atoms with Crippen molar-refractivity contribution in [2.24, 2.45) is 5.41 Å². The Labute approximate surface area is 149 Å². The quantitative estimate of drug-likeness (QED) is 0.704. The van der Waals surface area contributed by atoms with E-state index in [-0.39, 0.29) is 17.3 Å². The van der Waals surface area contributed by atoms with E-state index in [1.807, 2.05) is 4.90 Å². The first-order valence-corrected chi connectivity index (χ1v) is 10.1. The second-order valence-corrected chi connectivity index (χ2v) is 8.74. The third-order valence-electron chi connectivity index (χ3n) is 5.19. The molecule has 1 atom stereocenters. The summed E-state index contributed by atoms with van der Waals surface area (Å²) in [5.41, 5.74) is -0.569. The third kappa shape index (κ3) is 3.56. The van der Waals surface area contributed by atoms with Gasteiger partial charge in [-0.05, 0) is 37.8 Å². The lowest BCUT2D eigenvalue weighted by atomic mass is 9.78. The van der Waals surface area contributed by atoms with Gasteiger partial charge >= 0.3 is 0 Å². The predicted octanol–water partition coefficient (Wildman–Crippen LogP) is 1.12. The number of carbonyl (C=O) groups excluding carboxylic acids is 1. The van der Waals surface area contributed by atoms with Crippen LogP contribution < -0.4 is 0 Å². The van der Waals surface area contributed by atoms with Gasteiger partial charge < -0.3 is 9.64 Å². The molecule has 1 spiro atoms. The molecule has 138 valence electrons. The van der Waals surface area contributed by atoms with Crippen LogP contribution in [0.15, 0.2) is 29.4 Å². The summed E-state index contributed by atoms with van der Waals surface area (Å²) < 4.78 is 32.1. The number of ether oxygens (including phenoxy) is 1. The lowest BCUT2D eigenvalue weighted by Crippen LogP contribution is -2.50. The number of hydrogen-bond donors (Lipinski definition) is 0. The van der Waals surface area contributed by atoms with Crippen LogP contribution in [0, 0.1) is 5.41 Å². The highest BCUT2D eigenvalue weighted by molar-refractivity contribution is 7.89. The summed E-state index contributed by atoms with van der Waals surface area (Å²) in [6.07, 6.45) is 5.97. The van der Waals surface area contributed by atoms with E-state index >= 15 is 0 Å². The van der Waals surface area contributed by atoms with Crippen molar-refractivity contribution >= 4 is 15.9 Å². The van der Waals surface area contributed by atoms with Gasteiger partial charge in [0, 0.05) is 52.3 Å². The molecule has 0 aromatic carbocycles. The second kappa shape index (κ2) is 7.39. The van der Waals surface area contributed by atoms with Crippen LogP contribution in [-0.2, 0) is 19.6 Å². The Morgan fingerprint density at radius 3 is 2.88 bits per heavy atom. The Hall–Kier alpha value is -1.51. The lowest BCUT2D eigenvalue weighted by molar-refractivity contribution is -0.145. The van der Waals surface area contributed by atoms with Gasteiger partial charge in [0.2, 0.25) is 15.9 Å². The largest absolute Gasteiger partial charge is 0.385 e. The first-order valence-electron chi connectivity index (χ1n) is 8.68. The summed E-state index contributed by atoms with van der Waals surface area (Å²) in [7, 11) is -1.95. The number of likely N-dealkylation sites (tertiary alicyclic amines) is 1. The second-order valence-electron chi connectivity index (χ2n) is 6.80. The number of sulfonamides is 1. The van der Waals surface area contributed by atoms with Crippen LogP contribution in [0.4, 0.5) is 0 Å². The van der Waals surface area contributed by atoms with Crippen LogP contribution >= 0.6 is 0 Å². The van der Waals surface area contributed by atoms with E-state index in [2.05, 4.69) is 4.98 Å². The Bertz CT molecular complexity index is 710. The molecular weight excluding hydrogens is 342 g/mol. The van der Waals surface area contributed by atoms with E-state index in [9.17, 15) is 13.2 Å². The molecule has 3 heterocycles. The fraction of sp³-hybridized carbons (Fsp3) is 0.647. The molecule has 0 aliphatic carbocycles. The van der Waals surface area contributed by atoms with Crippen molar-refractivity contribution in [3.05, 3.63) is 24.5 Å². The van der Waals surface area contributed by atoms with E-state index in [4.69, 9.17) is 4.74 Å². The maximum Gasteiger partial charge on any atom is 0.244 e. The van der Waals surface area contributed by atoms with E-state index in [1.54, 1.807) is 25.4 Å². The summed E-state index contributed by atoms with van der Waals surface area (Å²) >= 11 is 0. The minimum Gasteiger partial charge on any atom is -0.385 e. The average Bonchev–Trinajstić information content (AvgIpc) is 3.06. The molecule has 2 aliphatic rings. The molecule has 0 unspecified atom stereocenters. The van der Waals surface area contributed by atoms with Crippen LogP contribution in [0.2, 0.25) is 0 Å². The zero-order chi connectivity index (χ0) is 17.9. The van der Waals surface area contributed by atoms with Gasteiger partial charge in [-0.2, -0.15) is 4.31 Å². The molecule has 0 N–H and O–H groups in total. The molecule has 0 saturated carbocycles. The summed E-state index contributed by atoms with van der Waals surface area (Å²) in [6, 6.07) is 3.16. The molecule has 25 heavy (non-hydrogen) atoms. The molecule has 1 aromatic rings. The van der Waals surface area contributed by atoms with Crippen LogP contribution in [-0.4, -0.2) is 68.4 Å². The Morgan fingerprint density at radius 2 is 2.16 bits per heavy atom. The van der Waals surface area contributed by atoms with Gasteiger partial charge in [0.05, 0.1) is 5.41 Å². The monoisotopic (exact) mass is 367 g/mol. The highest BCUT2D eigenvalue weighted by Gasteiger charge is 2.50. The van der Waals surface area contributed by atoms with Crippen molar-refractivity contribution in [1.29, 1.82) is 0 Å². The molecule has 8 heteroatoms. The molecular formula is C17H25N3O4S. The first kappa shape index (κ1) is 18.3. The summed E-state index contributed by atoms with van der Waals surface area (Å²) in [6.45, 7) is 2.69. The van der Waals surface area contributed by atoms with Crippen molar-refractivity contribution in [2.75, 3.05) is 39.9 Å². The molecule has 0 bridgehead atoms. The smallest absolute Gasteiger partial charge is 0.244 e. The van der Waals surface area contributed by atoms with Gasteiger partial charge in [-0.3, -0.25) is 9.78 Å². The fourth-order valence-corrected chi connectivity index (χ4v) is 5.32. The predicted molar refractivity (Wildman–Crippen MR) is 92.4 cm³/mol. The molecule has 1 aromatic heterocycles. The molecule has 3 rings (SSSR count). The minimum absolute atomic E-state index is 0.0961. The SMILES string of the molecule is COCCCN1CCC[C@@]2(CCN(S(=O)(=O)c3cccnc3)C2)C1=O.